The van der Waals surface area contributed by atoms with Crippen molar-refractivity contribution in [3.63, 3.8) is 0 Å². The fourth-order valence-corrected chi connectivity index (χ4v) is 2.00. The van der Waals surface area contributed by atoms with Crippen molar-refractivity contribution in [1.82, 2.24) is 4.98 Å². The molecule has 0 saturated carbocycles. The Morgan fingerprint density at radius 1 is 1.53 bits per heavy atom. The first-order valence-corrected chi connectivity index (χ1v) is 5.52. The van der Waals surface area contributed by atoms with E-state index in [2.05, 4.69) is 9.88 Å². The highest BCUT2D eigenvalue weighted by Crippen LogP contribution is 2.24. The van der Waals surface area contributed by atoms with Crippen LogP contribution in [0.15, 0.2) is 18.3 Å². The first-order chi connectivity index (χ1) is 8.16. The van der Waals surface area contributed by atoms with E-state index < -0.39 is 6.16 Å². The van der Waals surface area contributed by atoms with Crippen LogP contribution >= 0.6 is 0 Å². The number of piperidine rings is 1. The van der Waals surface area contributed by atoms with E-state index >= 15 is 0 Å². The van der Waals surface area contributed by atoms with E-state index in [1.165, 1.54) is 0 Å². The van der Waals surface area contributed by atoms with Crippen LogP contribution in [0, 0.1) is 0 Å². The molecule has 0 aliphatic carbocycles. The van der Waals surface area contributed by atoms with Crippen LogP contribution in [0.4, 0.5) is 16.3 Å². The molecule has 1 fully saturated rings. The predicted molar refractivity (Wildman–Crippen MR) is 63.0 cm³/mol. The molecule has 0 amide bonds. The van der Waals surface area contributed by atoms with Crippen LogP contribution < -0.4 is 10.6 Å². The van der Waals surface area contributed by atoms with Crippen LogP contribution in [0.2, 0.25) is 0 Å². The number of anilines is 2. The number of nitrogens with zero attached hydrogens (tertiary/aromatic N) is 2. The van der Waals surface area contributed by atoms with Gasteiger partial charge in [-0.15, -0.1) is 0 Å². The van der Waals surface area contributed by atoms with Gasteiger partial charge in [0.15, 0.2) is 5.82 Å². The Kier molecular flexibility index (Phi) is 3.32. The van der Waals surface area contributed by atoms with Gasteiger partial charge in [-0.1, -0.05) is 0 Å². The van der Waals surface area contributed by atoms with Gasteiger partial charge in [0.25, 0.3) is 0 Å². The number of aromatic nitrogens is 1. The molecule has 2 rings (SSSR count). The molecule has 1 aliphatic rings. The maximum Gasteiger partial charge on any atom is 0.506 e. The quantitative estimate of drug-likeness (QED) is 0.754. The summed E-state index contributed by atoms with van der Waals surface area (Å²) in [6.07, 6.45) is 1.62. The summed E-state index contributed by atoms with van der Waals surface area (Å²) in [5.41, 5.74) is 6.48. The molecule has 2 heterocycles. The smallest absolute Gasteiger partial charge is 0.450 e. The number of hydrogen-bond donors (Lipinski definition) is 2. The summed E-state index contributed by atoms with van der Waals surface area (Å²) in [4.78, 5) is 16.7. The van der Waals surface area contributed by atoms with Crippen molar-refractivity contribution >= 4 is 17.7 Å². The lowest BCUT2D eigenvalue weighted by molar-refractivity contribution is 0.0415. The van der Waals surface area contributed by atoms with Gasteiger partial charge in [0.05, 0.1) is 5.69 Å². The fourth-order valence-electron chi connectivity index (χ4n) is 2.00. The normalized spacial score (nSPS) is 16.8. The molecule has 6 nitrogen and oxygen atoms in total. The predicted octanol–water partition coefficient (Wildman–Crippen LogP) is 1.33. The minimum atomic E-state index is -1.21. The van der Waals surface area contributed by atoms with Gasteiger partial charge < -0.3 is 20.5 Å². The fraction of sp³-hybridized carbons (Fsp3) is 0.455. The number of nitrogen functional groups attached to an aromatic ring is 1. The van der Waals surface area contributed by atoms with Crippen molar-refractivity contribution in [1.29, 1.82) is 0 Å². The molecule has 0 atom stereocenters. The van der Waals surface area contributed by atoms with Crippen LogP contribution in [0.5, 0.6) is 0 Å². The van der Waals surface area contributed by atoms with E-state index in [-0.39, 0.29) is 6.10 Å². The third kappa shape index (κ3) is 2.77. The van der Waals surface area contributed by atoms with Gasteiger partial charge in [0, 0.05) is 32.1 Å². The summed E-state index contributed by atoms with van der Waals surface area (Å²) in [5.74, 6) is 0.765. The highest BCUT2D eigenvalue weighted by Gasteiger charge is 2.23. The summed E-state index contributed by atoms with van der Waals surface area (Å²) in [6.45, 7) is 1.41. The molecule has 17 heavy (non-hydrogen) atoms. The van der Waals surface area contributed by atoms with Gasteiger partial charge in [-0.3, -0.25) is 0 Å². The summed E-state index contributed by atoms with van der Waals surface area (Å²) in [7, 11) is 0. The highest BCUT2D eigenvalue weighted by atomic mass is 16.7. The number of nitrogens with two attached hydrogens (primary N) is 1. The Bertz CT molecular complexity index is 403. The lowest BCUT2D eigenvalue weighted by Gasteiger charge is -2.32. The van der Waals surface area contributed by atoms with Gasteiger partial charge in [-0.05, 0) is 12.1 Å². The average molecular weight is 237 g/mol. The summed E-state index contributed by atoms with van der Waals surface area (Å²) >= 11 is 0. The van der Waals surface area contributed by atoms with Crippen LogP contribution in [-0.2, 0) is 4.74 Å². The second-order valence-electron chi connectivity index (χ2n) is 3.99. The van der Waals surface area contributed by atoms with E-state index in [0.29, 0.717) is 31.6 Å². The zero-order valence-electron chi connectivity index (χ0n) is 9.37. The maximum atomic E-state index is 10.4. The number of hydrogen-bond acceptors (Lipinski definition) is 5. The average Bonchev–Trinajstić information content (AvgIpc) is 2.30. The van der Waals surface area contributed by atoms with Gasteiger partial charge in [-0.25, -0.2) is 9.78 Å². The zero-order chi connectivity index (χ0) is 12.3. The molecule has 92 valence electrons. The number of rotatable bonds is 2. The Balaban J connectivity index is 1.95. The molecule has 0 aromatic carbocycles. The SMILES string of the molecule is Nc1cccnc1N1CCC(OC(=O)O)CC1. The van der Waals surface area contributed by atoms with E-state index in [1.807, 2.05) is 6.07 Å². The number of carboxylic acid groups (broad SMARTS) is 1. The summed E-state index contributed by atoms with van der Waals surface area (Å²) < 4.78 is 4.74. The molecule has 0 spiro atoms. The van der Waals surface area contributed by atoms with Gasteiger partial charge >= 0.3 is 6.16 Å². The molecule has 0 bridgehead atoms. The lowest BCUT2D eigenvalue weighted by atomic mass is 10.1. The second kappa shape index (κ2) is 4.90. The molecule has 0 radical (unpaired) electrons. The lowest BCUT2D eigenvalue weighted by Crippen LogP contribution is -2.38. The Labute approximate surface area is 99.0 Å². The van der Waals surface area contributed by atoms with E-state index in [9.17, 15) is 4.79 Å². The highest BCUT2D eigenvalue weighted by molar-refractivity contribution is 5.62. The minimum absolute atomic E-state index is 0.214. The molecule has 3 N–H and O–H groups in total. The van der Waals surface area contributed by atoms with Crippen molar-refractivity contribution in [2.45, 2.75) is 18.9 Å². The summed E-state index contributed by atoms with van der Waals surface area (Å²) in [5, 5.41) is 8.52. The van der Waals surface area contributed by atoms with E-state index in [1.54, 1.807) is 12.3 Å². The largest absolute Gasteiger partial charge is 0.506 e. The summed E-state index contributed by atoms with van der Waals surface area (Å²) in [6, 6.07) is 3.60. The standard InChI is InChI=1S/C11H15N3O3/c12-9-2-1-5-13-10(9)14-6-3-8(4-7-14)17-11(15)16/h1-2,5,8H,3-4,6-7,12H2,(H,15,16). The monoisotopic (exact) mass is 237 g/mol. The van der Waals surface area contributed by atoms with E-state index in [0.717, 1.165) is 5.82 Å². The van der Waals surface area contributed by atoms with Gasteiger partial charge in [0.1, 0.15) is 6.10 Å². The number of ether oxygens (including phenoxy) is 1. The first kappa shape index (κ1) is 11.5. The molecule has 1 aromatic rings. The van der Waals surface area contributed by atoms with Crippen molar-refractivity contribution in [2.75, 3.05) is 23.7 Å². The first-order valence-electron chi connectivity index (χ1n) is 5.52. The molecule has 1 saturated heterocycles. The Hall–Kier alpha value is -1.98. The molecule has 1 aliphatic heterocycles. The van der Waals surface area contributed by atoms with Crippen molar-refractivity contribution in [2.24, 2.45) is 0 Å². The number of carbonyl (C=O) groups is 1. The number of pyridine rings is 1. The maximum absolute atomic E-state index is 10.4. The Morgan fingerprint density at radius 3 is 2.82 bits per heavy atom. The molecular formula is C11H15N3O3. The van der Waals surface area contributed by atoms with Crippen LogP contribution in [0.1, 0.15) is 12.8 Å². The van der Waals surface area contributed by atoms with Gasteiger partial charge in [-0.2, -0.15) is 0 Å². The molecule has 0 unspecified atom stereocenters. The zero-order valence-corrected chi connectivity index (χ0v) is 9.37. The topological polar surface area (TPSA) is 88.7 Å². The van der Waals surface area contributed by atoms with Crippen LogP contribution in [-0.4, -0.2) is 35.4 Å². The van der Waals surface area contributed by atoms with Crippen LogP contribution in [0.25, 0.3) is 0 Å². The second-order valence-corrected chi connectivity index (χ2v) is 3.99. The molecular weight excluding hydrogens is 222 g/mol. The Morgan fingerprint density at radius 2 is 2.24 bits per heavy atom. The van der Waals surface area contributed by atoms with Crippen LogP contribution in [0.3, 0.4) is 0 Å². The van der Waals surface area contributed by atoms with Crippen molar-refractivity contribution < 1.29 is 14.6 Å². The van der Waals surface area contributed by atoms with Gasteiger partial charge in [0.2, 0.25) is 0 Å². The molecule has 6 heteroatoms. The third-order valence-electron chi connectivity index (χ3n) is 2.83. The van der Waals surface area contributed by atoms with Crippen molar-refractivity contribution in [3.8, 4) is 0 Å². The molecule has 1 aromatic heterocycles. The minimum Gasteiger partial charge on any atom is -0.450 e. The van der Waals surface area contributed by atoms with E-state index in [4.69, 9.17) is 15.6 Å². The third-order valence-corrected chi connectivity index (χ3v) is 2.83. The van der Waals surface area contributed by atoms with Crippen molar-refractivity contribution in [3.05, 3.63) is 18.3 Å².